The van der Waals surface area contributed by atoms with Gasteiger partial charge >= 0.3 is 0 Å². The Labute approximate surface area is 95.8 Å². The molecule has 0 amide bonds. The fraction of sp³-hybridized carbons (Fsp3) is 1.00. The van der Waals surface area contributed by atoms with Gasteiger partial charge in [0, 0.05) is 6.61 Å². The summed E-state index contributed by atoms with van der Waals surface area (Å²) >= 11 is 0. The van der Waals surface area contributed by atoms with E-state index in [9.17, 15) is 0 Å². The largest absolute Gasteiger partial charge is 0.376 e. The zero-order valence-electron chi connectivity index (χ0n) is 11.4. The van der Waals surface area contributed by atoms with E-state index in [2.05, 4.69) is 46.9 Å². The van der Waals surface area contributed by atoms with E-state index in [1.807, 2.05) is 0 Å². The third-order valence-corrected chi connectivity index (χ3v) is 2.62. The summed E-state index contributed by atoms with van der Waals surface area (Å²) in [7, 11) is 0. The van der Waals surface area contributed by atoms with Crippen LogP contribution in [-0.2, 0) is 4.74 Å². The topological polar surface area (TPSA) is 21.3 Å². The predicted octanol–water partition coefficient (Wildman–Crippen LogP) is 3.07. The molecule has 0 aromatic rings. The van der Waals surface area contributed by atoms with Gasteiger partial charge in [-0.05, 0) is 52.1 Å². The fourth-order valence-corrected chi connectivity index (χ4v) is 1.52. The zero-order chi connectivity index (χ0) is 11.9. The van der Waals surface area contributed by atoms with Crippen LogP contribution in [0, 0.1) is 11.8 Å². The molecule has 0 fully saturated rings. The molecule has 0 aliphatic rings. The Balaban J connectivity index is 3.76. The van der Waals surface area contributed by atoms with Crippen LogP contribution in [0.15, 0.2) is 0 Å². The highest BCUT2D eigenvalue weighted by Gasteiger charge is 2.15. The quantitative estimate of drug-likeness (QED) is 0.704. The van der Waals surface area contributed by atoms with Crippen LogP contribution in [0.3, 0.4) is 0 Å². The molecule has 1 N–H and O–H groups in total. The van der Waals surface area contributed by atoms with E-state index in [1.54, 1.807) is 0 Å². The molecule has 15 heavy (non-hydrogen) atoms. The molecular weight excluding hydrogens is 186 g/mol. The number of ether oxygens (including phenoxy) is 1. The Kier molecular flexibility index (Phi) is 7.20. The molecule has 0 aromatic heterocycles. The van der Waals surface area contributed by atoms with E-state index in [4.69, 9.17) is 4.74 Å². The molecule has 2 heteroatoms. The van der Waals surface area contributed by atoms with E-state index >= 15 is 0 Å². The summed E-state index contributed by atoms with van der Waals surface area (Å²) in [5, 5.41) is 3.42. The first-order chi connectivity index (χ1) is 6.87. The lowest BCUT2D eigenvalue weighted by Gasteiger charge is -2.24. The summed E-state index contributed by atoms with van der Waals surface area (Å²) in [6, 6.07) is 0. The van der Waals surface area contributed by atoms with Crippen molar-refractivity contribution in [3.05, 3.63) is 0 Å². The smallest absolute Gasteiger partial charge is 0.0598 e. The van der Waals surface area contributed by atoms with Crippen LogP contribution in [0.5, 0.6) is 0 Å². The maximum absolute atomic E-state index is 5.76. The SMILES string of the molecule is CCNCC(CCOC(C)(C)C)C(C)C. The monoisotopic (exact) mass is 215 g/mol. The highest BCUT2D eigenvalue weighted by Crippen LogP contribution is 2.16. The van der Waals surface area contributed by atoms with Gasteiger partial charge in [-0.3, -0.25) is 0 Å². The Bertz CT molecular complexity index is 149. The molecule has 92 valence electrons. The molecule has 0 heterocycles. The Hall–Kier alpha value is -0.0800. The van der Waals surface area contributed by atoms with Crippen molar-refractivity contribution in [1.82, 2.24) is 5.32 Å². The molecule has 2 nitrogen and oxygen atoms in total. The lowest BCUT2D eigenvalue weighted by molar-refractivity contribution is -0.0114. The predicted molar refractivity (Wildman–Crippen MR) is 67.2 cm³/mol. The van der Waals surface area contributed by atoms with Crippen molar-refractivity contribution in [2.24, 2.45) is 11.8 Å². The third kappa shape index (κ3) is 8.88. The van der Waals surface area contributed by atoms with Crippen molar-refractivity contribution >= 4 is 0 Å². The minimum atomic E-state index is -0.000283. The van der Waals surface area contributed by atoms with Crippen molar-refractivity contribution in [1.29, 1.82) is 0 Å². The Morgan fingerprint density at radius 1 is 1.20 bits per heavy atom. The van der Waals surface area contributed by atoms with E-state index in [-0.39, 0.29) is 5.60 Å². The lowest BCUT2D eigenvalue weighted by Crippen LogP contribution is -2.28. The van der Waals surface area contributed by atoms with Crippen LogP contribution in [-0.4, -0.2) is 25.3 Å². The normalized spacial score (nSPS) is 14.6. The first-order valence-electron chi connectivity index (χ1n) is 6.21. The lowest BCUT2D eigenvalue weighted by atomic mass is 9.93. The van der Waals surface area contributed by atoms with Gasteiger partial charge < -0.3 is 10.1 Å². The minimum Gasteiger partial charge on any atom is -0.376 e. The average molecular weight is 215 g/mol. The van der Waals surface area contributed by atoms with Gasteiger partial charge in [0.25, 0.3) is 0 Å². The van der Waals surface area contributed by atoms with E-state index in [1.165, 1.54) is 0 Å². The van der Waals surface area contributed by atoms with Crippen molar-refractivity contribution in [2.45, 2.75) is 53.6 Å². The number of hydrogen-bond donors (Lipinski definition) is 1. The van der Waals surface area contributed by atoms with Gasteiger partial charge in [-0.25, -0.2) is 0 Å². The van der Waals surface area contributed by atoms with Gasteiger partial charge in [0.15, 0.2) is 0 Å². The molecule has 1 unspecified atom stereocenters. The molecular formula is C13H29NO. The van der Waals surface area contributed by atoms with Crippen molar-refractivity contribution in [3.8, 4) is 0 Å². The maximum Gasteiger partial charge on any atom is 0.0598 e. The van der Waals surface area contributed by atoms with E-state index in [0.717, 1.165) is 38.0 Å². The Morgan fingerprint density at radius 3 is 2.20 bits per heavy atom. The number of hydrogen-bond acceptors (Lipinski definition) is 2. The van der Waals surface area contributed by atoms with Gasteiger partial charge in [-0.1, -0.05) is 20.8 Å². The fourth-order valence-electron chi connectivity index (χ4n) is 1.52. The van der Waals surface area contributed by atoms with E-state index < -0.39 is 0 Å². The van der Waals surface area contributed by atoms with Crippen LogP contribution < -0.4 is 5.32 Å². The zero-order valence-corrected chi connectivity index (χ0v) is 11.4. The molecule has 0 radical (unpaired) electrons. The second-order valence-corrected chi connectivity index (χ2v) is 5.56. The molecule has 0 aromatic carbocycles. The first kappa shape index (κ1) is 14.9. The third-order valence-electron chi connectivity index (χ3n) is 2.62. The second kappa shape index (κ2) is 7.24. The molecule has 0 saturated carbocycles. The van der Waals surface area contributed by atoms with Crippen LogP contribution in [0.25, 0.3) is 0 Å². The van der Waals surface area contributed by atoms with Crippen LogP contribution >= 0.6 is 0 Å². The summed E-state index contributed by atoms with van der Waals surface area (Å²) < 4.78 is 5.76. The van der Waals surface area contributed by atoms with Crippen molar-refractivity contribution in [3.63, 3.8) is 0 Å². The molecule has 0 bridgehead atoms. The number of nitrogens with one attached hydrogen (secondary N) is 1. The summed E-state index contributed by atoms with van der Waals surface area (Å²) in [4.78, 5) is 0. The molecule has 0 spiro atoms. The maximum atomic E-state index is 5.76. The van der Waals surface area contributed by atoms with Crippen LogP contribution in [0.2, 0.25) is 0 Å². The summed E-state index contributed by atoms with van der Waals surface area (Å²) in [6.45, 7) is 16.1. The second-order valence-electron chi connectivity index (χ2n) is 5.56. The molecule has 1 atom stereocenters. The standard InChI is InChI=1S/C13H29NO/c1-7-14-10-12(11(2)3)8-9-15-13(4,5)6/h11-12,14H,7-10H2,1-6H3. The summed E-state index contributed by atoms with van der Waals surface area (Å²) in [5.41, 5.74) is -0.000283. The van der Waals surface area contributed by atoms with Gasteiger partial charge in [-0.15, -0.1) is 0 Å². The van der Waals surface area contributed by atoms with Gasteiger partial charge in [0.05, 0.1) is 5.60 Å². The average Bonchev–Trinajstić information content (AvgIpc) is 2.08. The Morgan fingerprint density at radius 2 is 1.80 bits per heavy atom. The molecule has 0 aliphatic heterocycles. The van der Waals surface area contributed by atoms with Gasteiger partial charge in [0.1, 0.15) is 0 Å². The first-order valence-corrected chi connectivity index (χ1v) is 6.21. The minimum absolute atomic E-state index is 0.000283. The van der Waals surface area contributed by atoms with E-state index in [0.29, 0.717) is 0 Å². The van der Waals surface area contributed by atoms with Gasteiger partial charge in [0.2, 0.25) is 0 Å². The summed E-state index contributed by atoms with van der Waals surface area (Å²) in [5.74, 6) is 1.46. The van der Waals surface area contributed by atoms with Crippen molar-refractivity contribution < 1.29 is 4.74 Å². The van der Waals surface area contributed by atoms with Crippen LogP contribution in [0.1, 0.15) is 48.0 Å². The van der Waals surface area contributed by atoms with Crippen molar-refractivity contribution in [2.75, 3.05) is 19.7 Å². The molecule has 0 aliphatic carbocycles. The molecule has 0 saturated heterocycles. The highest BCUT2D eigenvalue weighted by molar-refractivity contribution is 4.67. The number of rotatable bonds is 7. The van der Waals surface area contributed by atoms with Crippen LogP contribution in [0.4, 0.5) is 0 Å². The van der Waals surface area contributed by atoms with Gasteiger partial charge in [-0.2, -0.15) is 0 Å². The summed E-state index contributed by atoms with van der Waals surface area (Å²) in [6.07, 6.45) is 1.15. The molecule has 0 rings (SSSR count). The highest BCUT2D eigenvalue weighted by atomic mass is 16.5.